The number of hydrogen-bond donors (Lipinski definition) is 1. The molecule has 0 aromatic heterocycles. The number of piperidine rings is 1. The summed E-state index contributed by atoms with van der Waals surface area (Å²) in [6.45, 7) is 12.7. The number of nitrogens with zero attached hydrogens (tertiary/aromatic N) is 1. The average Bonchev–Trinajstić information content (AvgIpc) is 2.68. The van der Waals surface area contributed by atoms with E-state index in [1.165, 1.54) is 22.4 Å². The maximum atomic E-state index is 12.8. The van der Waals surface area contributed by atoms with Crippen LogP contribution >= 0.6 is 0 Å². The van der Waals surface area contributed by atoms with E-state index in [9.17, 15) is 4.79 Å². The van der Waals surface area contributed by atoms with Crippen molar-refractivity contribution in [2.45, 2.75) is 58.9 Å². The molecule has 2 aromatic rings. The third-order valence-corrected chi connectivity index (χ3v) is 5.90. The lowest BCUT2D eigenvalue weighted by atomic mass is 9.86. The molecule has 1 unspecified atom stereocenters. The van der Waals surface area contributed by atoms with Crippen LogP contribution in [-0.4, -0.2) is 19.0 Å². The van der Waals surface area contributed by atoms with Gasteiger partial charge in [-0.3, -0.25) is 4.79 Å². The van der Waals surface area contributed by atoms with E-state index in [0.29, 0.717) is 0 Å². The lowest BCUT2D eigenvalue weighted by molar-refractivity contribution is -0.126. The number of hydrogen-bond acceptors (Lipinski definition) is 2. The number of benzene rings is 2. The Balaban J connectivity index is 1.53. The number of rotatable bonds is 4. The van der Waals surface area contributed by atoms with E-state index in [2.05, 4.69) is 93.4 Å². The Kier molecular flexibility index (Phi) is 6.12. The smallest absolute Gasteiger partial charge is 0.223 e. The van der Waals surface area contributed by atoms with Crippen LogP contribution in [0.5, 0.6) is 0 Å². The van der Waals surface area contributed by atoms with E-state index < -0.39 is 0 Å². The number of anilines is 1. The molecule has 0 saturated carbocycles. The molecule has 1 saturated heterocycles. The molecule has 0 aliphatic carbocycles. The minimum atomic E-state index is 0.0386. The third-order valence-electron chi connectivity index (χ3n) is 5.90. The van der Waals surface area contributed by atoms with Gasteiger partial charge in [-0.15, -0.1) is 0 Å². The Morgan fingerprint density at radius 3 is 2.11 bits per heavy atom. The van der Waals surface area contributed by atoms with Gasteiger partial charge >= 0.3 is 0 Å². The Labute approximate surface area is 170 Å². The van der Waals surface area contributed by atoms with Crippen LogP contribution in [0.4, 0.5) is 5.69 Å². The Bertz CT molecular complexity index is 779. The van der Waals surface area contributed by atoms with E-state index in [1.54, 1.807) is 0 Å². The number of aryl methyl sites for hydroxylation is 1. The van der Waals surface area contributed by atoms with Crippen LogP contribution in [0.25, 0.3) is 0 Å². The molecule has 3 heteroatoms. The zero-order chi connectivity index (χ0) is 20.3. The molecule has 0 spiro atoms. The van der Waals surface area contributed by atoms with Crippen LogP contribution in [0, 0.1) is 12.8 Å². The predicted molar refractivity (Wildman–Crippen MR) is 118 cm³/mol. The third kappa shape index (κ3) is 4.95. The van der Waals surface area contributed by atoms with Crippen LogP contribution in [-0.2, 0) is 10.2 Å². The summed E-state index contributed by atoms with van der Waals surface area (Å²) in [5.74, 6) is 0.300. The van der Waals surface area contributed by atoms with Crippen LogP contribution in [0.3, 0.4) is 0 Å². The number of nitrogens with one attached hydrogen (secondary N) is 1. The molecule has 0 bridgehead atoms. The first kappa shape index (κ1) is 20.4. The maximum absolute atomic E-state index is 12.8. The molecular weight excluding hydrogens is 344 g/mol. The standard InChI is InChI=1S/C25H34N2O/c1-18-6-12-23(13-7-18)27-16-14-21(15-17-27)24(28)26-19(2)20-8-10-22(11-9-20)25(3,4)5/h6-13,19,21H,14-17H2,1-5H3,(H,26,28). The van der Waals surface area contributed by atoms with Gasteiger partial charge in [-0.25, -0.2) is 0 Å². The molecule has 150 valence electrons. The fourth-order valence-electron chi connectivity index (χ4n) is 3.84. The van der Waals surface area contributed by atoms with E-state index >= 15 is 0 Å². The zero-order valence-corrected chi connectivity index (χ0v) is 18.0. The van der Waals surface area contributed by atoms with Gasteiger partial charge in [-0.1, -0.05) is 62.7 Å². The van der Waals surface area contributed by atoms with E-state index in [0.717, 1.165) is 25.9 Å². The molecule has 1 fully saturated rings. The fraction of sp³-hybridized carbons (Fsp3) is 0.480. The van der Waals surface area contributed by atoms with Crippen LogP contribution in [0.2, 0.25) is 0 Å². The quantitative estimate of drug-likeness (QED) is 0.774. The summed E-state index contributed by atoms with van der Waals surface area (Å²) in [7, 11) is 0. The van der Waals surface area contributed by atoms with Crippen molar-refractivity contribution in [3.63, 3.8) is 0 Å². The molecule has 1 N–H and O–H groups in total. The van der Waals surface area contributed by atoms with Gasteiger partial charge in [0.1, 0.15) is 0 Å². The first-order chi connectivity index (χ1) is 13.2. The van der Waals surface area contributed by atoms with Crippen molar-refractivity contribution < 1.29 is 4.79 Å². The molecule has 2 aromatic carbocycles. The SMILES string of the molecule is Cc1ccc(N2CCC(C(=O)NC(C)c3ccc(C(C)(C)C)cc3)CC2)cc1. The minimum Gasteiger partial charge on any atom is -0.371 e. The van der Waals surface area contributed by atoms with Crippen molar-refractivity contribution in [1.29, 1.82) is 0 Å². The highest BCUT2D eigenvalue weighted by atomic mass is 16.1. The second-order valence-electron chi connectivity index (χ2n) is 9.20. The van der Waals surface area contributed by atoms with Crippen molar-refractivity contribution in [2.75, 3.05) is 18.0 Å². The largest absolute Gasteiger partial charge is 0.371 e. The molecule has 1 aliphatic heterocycles. The van der Waals surface area contributed by atoms with Gasteiger partial charge in [0.05, 0.1) is 6.04 Å². The van der Waals surface area contributed by atoms with Gasteiger partial charge in [-0.2, -0.15) is 0 Å². The maximum Gasteiger partial charge on any atom is 0.223 e. The monoisotopic (exact) mass is 378 g/mol. The van der Waals surface area contributed by atoms with Crippen molar-refractivity contribution >= 4 is 11.6 Å². The van der Waals surface area contributed by atoms with Crippen LogP contribution in [0.1, 0.15) is 63.3 Å². The molecule has 1 heterocycles. The minimum absolute atomic E-state index is 0.0386. The second-order valence-corrected chi connectivity index (χ2v) is 9.20. The van der Waals surface area contributed by atoms with Crippen molar-refractivity contribution in [3.8, 4) is 0 Å². The van der Waals surface area contributed by atoms with Crippen molar-refractivity contribution in [1.82, 2.24) is 5.32 Å². The summed E-state index contributed by atoms with van der Waals surface area (Å²) in [4.78, 5) is 15.2. The topological polar surface area (TPSA) is 32.3 Å². The van der Waals surface area contributed by atoms with Crippen molar-refractivity contribution in [2.24, 2.45) is 5.92 Å². The molecule has 1 amide bonds. The van der Waals surface area contributed by atoms with Gasteiger partial charge < -0.3 is 10.2 Å². The van der Waals surface area contributed by atoms with Crippen molar-refractivity contribution in [3.05, 3.63) is 65.2 Å². The highest BCUT2D eigenvalue weighted by Crippen LogP contribution is 2.26. The van der Waals surface area contributed by atoms with E-state index in [-0.39, 0.29) is 23.3 Å². The number of amides is 1. The molecule has 3 nitrogen and oxygen atoms in total. The van der Waals surface area contributed by atoms with E-state index in [1.807, 2.05) is 0 Å². The Hall–Kier alpha value is -2.29. The number of carbonyl (C=O) groups excluding carboxylic acids is 1. The Morgan fingerprint density at radius 2 is 1.57 bits per heavy atom. The lowest BCUT2D eigenvalue weighted by Gasteiger charge is -2.33. The van der Waals surface area contributed by atoms with Gasteiger partial charge in [-0.05, 0) is 55.4 Å². The highest BCUT2D eigenvalue weighted by molar-refractivity contribution is 5.79. The first-order valence-corrected chi connectivity index (χ1v) is 10.5. The summed E-state index contributed by atoms with van der Waals surface area (Å²) < 4.78 is 0. The highest BCUT2D eigenvalue weighted by Gasteiger charge is 2.26. The summed E-state index contributed by atoms with van der Waals surface area (Å²) in [6.07, 6.45) is 1.82. The van der Waals surface area contributed by atoms with E-state index in [4.69, 9.17) is 0 Å². The molecular formula is C25H34N2O. The molecule has 3 rings (SSSR count). The van der Waals surface area contributed by atoms with Crippen LogP contribution < -0.4 is 10.2 Å². The van der Waals surface area contributed by atoms with Crippen LogP contribution in [0.15, 0.2) is 48.5 Å². The summed E-state index contributed by atoms with van der Waals surface area (Å²) in [5, 5.41) is 3.23. The summed E-state index contributed by atoms with van der Waals surface area (Å²) in [5.41, 5.74) is 5.17. The fourth-order valence-corrected chi connectivity index (χ4v) is 3.84. The van der Waals surface area contributed by atoms with Gasteiger partial charge in [0, 0.05) is 24.7 Å². The molecule has 0 radical (unpaired) electrons. The Morgan fingerprint density at radius 1 is 1.00 bits per heavy atom. The number of carbonyl (C=O) groups is 1. The molecule has 28 heavy (non-hydrogen) atoms. The summed E-state index contributed by atoms with van der Waals surface area (Å²) >= 11 is 0. The average molecular weight is 379 g/mol. The van der Waals surface area contributed by atoms with Gasteiger partial charge in [0.2, 0.25) is 5.91 Å². The summed E-state index contributed by atoms with van der Waals surface area (Å²) in [6, 6.07) is 17.4. The normalized spacial score (nSPS) is 16.7. The molecule has 1 aliphatic rings. The lowest BCUT2D eigenvalue weighted by Crippen LogP contribution is -2.41. The zero-order valence-electron chi connectivity index (χ0n) is 18.0. The molecule has 1 atom stereocenters. The predicted octanol–water partition coefficient (Wildman–Crippen LogP) is 5.39. The first-order valence-electron chi connectivity index (χ1n) is 10.5. The van der Waals surface area contributed by atoms with Gasteiger partial charge in [0.15, 0.2) is 0 Å². The second kappa shape index (κ2) is 8.38. The van der Waals surface area contributed by atoms with Gasteiger partial charge in [0.25, 0.3) is 0 Å².